The van der Waals surface area contributed by atoms with Crippen LogP contribution in [0.3, 0.4) is 0 Å². The Bertz CT molecular complexity index is 556. The van der Waals surface area contributed by atoms with Crippen molar-refractivity contribution >= 4 is 11.0 Å². The maximum atomic E-state index is 6.02. The van der Waals surface area contributed by atoms with Crippen molar-refractivity contribution in [1.82, 2.24) is 9.55 Å². The van der Waals surface area contributed by atoms with Crippen LogP contribution in [0.2, 0.25) is 0 Å². The number of aromatic nitrogens is 2. The molecule has 2 aromatic rings. The summed E-state index contributed by atoms with van der Waals surface area (Å²) in [5.74, 6) is 1.12. The number of hydrogen-bond donors (Lipinski definition) is 1. The van der Waals surface area contributed by atoms with Crippen molar-refractivity contribution in [2.24, 2.45) is 5.73 Å². The molecule has 1 saturated carbocycles. The number of imidazole rings is 1. The second-order valence-electron chi connectivity index (χ2n) is 5.25. The lowest BCUT2D eigenvalue weighted by Crippen LogP contribution is -2.16. The monoisotopic (exact) mass is 229 g/mol. The van der Waals surface area contributed by atoms with E-state index in [0.717, 1.165) is 24.2 Å². The molecule has 1 fully saturated rings. The van der Waals surface area contributed by atoms with Gasteiger partial charge in [0, 0.05) is 12.1 Å². The molecule has 2 N–H and O–H groups in total. The van der Waals surface area contributed by atoms with Gasteiger partial charge in [0.15, 0.2) is 0 Å². The summed E-state index contributed by atoms with van der Waals surface area (Å²) in [7, 11) is 0. The average Bonchev–Trinajstić information content (AvgIpc) is 2.80. The first-order valence-electron chi connectivity index (χ1n) is 6.36. The number of aryl methyl sites for hydroxylation is 2. The fourth-order valence-corrected chi connectivity index (χ4v) is 3.02. The van der Waals surface area contributed by atoms with Crippen LogP contribution in [0.4, 0.5) is 0 Å². The quantitative estimate of drug-likeness (QED) is 0.817. The molecule has 3 rings (SSSR count). The second kappa shape index (κ2) is 3.84. The lowest BCUT2D eigenvalue weighted by atomic mass is 10.2. The number of benzene rings is 1. The van der Waals surface area contributed by atoms with Gasteiger partial charge in [0.05, 0.1) is 11.0 Å². The third kappa shape index (κ3) is 1.75. The van der Waals surface area contributed by atoms with Crippen LogP contribution in [0.5, 0.6) is 0 Å². The van der Waals surface area contributed by atoms with E-state index in [0.29, 0.717) is 12.1 Å². The van der Waals surface area contributed by atoms with Crippen molar-refractivity contribution < 1.29 is 0 Å². The molecule has 2 atom stereocenters. The first-order valence-corrected chi connectivity index (χ1v) is 6.36. The van der Waals surface area contributed by atoms with E-state index in [2.05, 4.69) is 41.6 Å². The highest BCUT2D eigenvalue weighted by Gasteiger charge is 2.25. The van der Waals surface area contributed by atoms with Gasteiger partial charge in [-0.15, -0.1) is 0 Å². The van der Waals surface area contributed by atoms with Crippen LogP contribution in [-0.4, -0.2) is 15.6 Å². The van der Waals surface area contributed by atoms with Crippen molar-refractivity contribution in [3.8, 4) is 0 Å². The molecule has 90 valence electrons. The van der Waals surface area contributed by atoms with Gasteiger partial charge in [0.2, 0.25) is 0 Å². The Hall–Kier alpha value is -1.35. The number of fused-ring (bicyclic) bond motifs is 1. The molecule has 0 amide bonds. The minimum Gasteiger partial charge on any atom is -0.328 e. The number of nitrogens with zero attached hydrogens (tertiary/aromatic N) is 2. The van der Waals surface area contributed by atoms with Gasteiger partial charge in [0.25, 0.3) is 0 Å². The Labute approximate surface area is 102 Å². The SMILES string of the molecule is Cc1ccc2c(c1)nc(C)n2[C@@H]1CC[C@@H](N)C1. The lowest BCUT2D eigenvalue weighted by molar-refractivity contribution is 0.511. The zero-order valence-electron chi connectivity index (χ0n) is 10.5. The van der Waals surface area contributed by atoms with Crippen LogP contribution < -0.4 is 5.73 Å². The minimum atomic E-state index is 0.363. The Morgan fingerprint density at radius 3 is 2.82 bits per heavy atom. The highest BCUT2D eigenvalue weighted by atomic mass is 15.1. The van der Waals surface area contributed by atoms with Crippen LogP contribution in [0.1, 0.15) is 36.7 Å². The van der Waals surface area contributed by atoms with Crippen LogP contribution in [0, 0.1) is 13.8 Å². The van der Waals surface area contributed by atoms with Crippen molar-refractivity contribution in [1.29, 1.82) is 0 Å². The van der Waals surface area contributed by atoms with Gasteiger partial charge in [-0.1, -0.05) is 6.07 Å². The van der Waals surface area contributed by atoms with Gasteiger partial charge in [0.1, 0.15) is 5.82 Å². The summed E-state index contributed by atoms with van der Waals surface area (Å²) in [6.45, 7) is 4.21. The van der Waals surface area contributed by atoms with Gasteiger partial charge in [-0.05, 0) is 50.8 Å². The predicted octanol–water partition coefficient (Wildman–Crippen LogP) is 2.71. The Kier molecular flexibility index (Phi) is 2.44. The molecule has 0 bridgehead atoms. The molecule has 0 unspecified atom stereocenters. The standard InChI is InChI=1S/C14H19N3/c1-9-3-6-14-13(7-9)16-10(2)17(14)12-5-4-11(15)8-12/h3,6-7,11-12H,4-5,8,15H2,1-2H3/t11-,12-/m1/s1. The molecular formula is C14H19N3. The summed E-state index contributed by atoms with van der Waals surface area (Å²) in [5.41, 5.74) is 9.66. The van der Waals surface area contributed by atoms with Crippen molar-refractivity contribution in [3.05, 3.63) is 29.6 Å². The fraction of sp³-hybridized carbons (Fsp3) is 0.500. The molecule has 1 aromatic carbocycles. The Morgan fingerprint density at radius 2 is 2.12 bits per heavy atom. The van der Waals surface area contributed by atoms with Crippen LogP contribution in [0.15, 0.2) is 18.2 Å². The topological polar surface area (TPSA) is 43.8 Å². The summed E-state index contributed by atoms with van der Waals surface area (Å²) >= 11 is 0. The Balaban J connectivity index is 2.12. The third-order valence-electron chi connectivity index (χ3n) is 3.83. The highest BCUT2D eigenvalue weighted by Crippen LogP contribution is 2.33. The number of nitrogens with two attached hydrogens (primary N) is 1. The molecule has 3 heteroatoms. The van der Waals surface area contributed by atoms with Crippen LogP contribution in [0.25, 0.3) is 11.0 Å². The first-order chi connectivity index (χ1) is 8.15. The third-order valence-corrected chi connectivity index (χ3v) is 3.83. The first kappa shape index (κ1) is 10.8. The number of hydrogen-bond acceptors (Lipinski definition) is 2. The maximum absolute atomic E-state index is 6.02. The van der Waals surface area contributed by atoms with Gasteiger partial charge in [-0.2, -0.15) is 0 Å². The van der Waals surface area contributed by atoms with Crippen molar-refractivity contribution in [3.63, 3.8) is 0 Å². The molecular weight excluding hydrogens is 210 g/mol. The van der Waals surface area contributed by atoms with E-state index in [-0.39, 0.29) is 0 Å². The van der Waals surface area contributed by atoms with Crippen LogP contribution in [-0.2, 0) is 0 Å². The molecule has 0 aliphatic heterocycles. The summed E-state index contributed by atoms with van der Waals surface area (Å²) in [4.78, 5) is 4.67. The summed E-state index contributed by atoms with van der Waals surface area (Å²) in [6.07, 6.45) is 3.40. The van der Waals surface area contributed by atoms with E-state index in [1.54, 1.807) is 0 Å². The average molecular weight is 229 g/mol. The Morgan fingerprint density at radius 1 is 1.29 bits per heavy atom. The van der Waals surface area contributed by atoms with Gasteiger partial charge >= 0.3 is 0 Å². The maximum Gasteiger partial charge on any atom is 0.106 e. The van der Waals surface area contributed by atoms with Gasteiger partial charge in [-0.3, -0.25) is 0 Å². The molecule has 1 aliphatic rings. The van der Waals surface area contributed by atoms with E-state index >= 15 is 0 Å². The van der Waals surface area contributed by atoms with E-state index in [4.69, 9.17) is 5.73 Å². The highest BCUT2D eigenvalue weighted by molar-refractivity contribution is 5.77. The molecule has 17 heavy (non-hydrogen) atoms. The van der Waals surface area contributed by atoms with E-state index in [1.807, 2.05) is 0 Å². The second-order valence-corrected chi connectivity index (χ2v) is 5.25. The summed E-state index contributed by atoms with van der Waals surface area (Å²) < 4.78 is 2.38. The molecule has 1 heterocycles. The summed E-state index contributed by atoms with van der Waals surface area (Å²) in [6, 6.07) is 7.41. The molecule has 0 spiro atoms. The van der Waals surface area contributed by atoms with E-state index in [9.17, 15) is 0 Å². The zero-order chi connectivity index (χ0) is 12.0. The van der Waals surface area contributed by atoms with Gasteiger partial charge in [-0.25, -0.2) is 4.98 Å². The zero-order valence-corrected chi connectivity index (χ0v) is 10.5. The fourth-order valence-electron chi connectivity index (χ4n) is 3.02. The number of rotatable bonds is 1. The van der Waals surface area contributed by atoms with Crippen molar-refractivity contribution in [2.45, 2.75) is 45.2 Å². The van der Waals surface area contributed by atoms with E-state index in [1.165, 1.54) is 17.5 Å². The molecule has 0 radical (unpaired) electrons. The molecule has 1 aliphatic carbocycles. The van der Waals surface area contributed by atoms with E-state index < -0.39 is 0 Å². The van der Waals surface area contributed by atoms with Gasteiger partial charge < -0.3 is 10.3 Å². The van der Waals surface area contributed by atoms with Crippen molar-refractivity contribution in [2.75, 3.05) is 0 Å². The smallest absolute Gasteiger partial charge is 0.106 e. The van der Waals surface area contributed by atoms with Crippen LogP contribution >= 0.6 is 0 Å². The normalized spacial score (nSPS) is 24.6. The molecule has 3 nitrogen and oxygen atoms in total. The molecule has 0 saturated heterocycles. The largest absolute Gasteiger partial charge is 0.328 e. The summed E-state index contributed by atoms with van der Waals surface area (Å²) in [5, 5.41) is 0. The lowest BCUT2D eigenvalue weighted by Gasteiger charge is -2.15. The minimum absolute atomic E-state index is 0.363. The molecule has 1 aromatic heterocycles. The predicted molar refractivity (Wildman–Crippen MR) is 70.1 cm³/mol.